The van der Waals surface area contributed by atoms with Gasteiger partial charge in [0.1, 0.15) is 11.3 Å². The largest absolute Gasteiger partial charge is 0.465 e. The number of carbonyl (C=O) groups excluding carboxylic acids is 2. The lowest BCUT2D eigenvalue weighted by molar-refractivity contribution is 0.0549. The molecular weight excluding hydrogens is 400 g/mol. The minimum atomic E-state index is -0.676. The van der Waals surface area contributed by atoms with Crippen molar-refractivity contribution in [3.63, 3.8) is 0 Å². The molecule has 2 aromatic carbocycles. The molecule has 0 aliphatic heterocycles. The third-order valence-corrected chi connectivity index (χ3v) is 4.30. The van der Waals surface area contributed by atoms with Crippen molar-refractivity contribution in [1.82, 2.24) is 9.78 Å². The van der Waals surface area contributed by atoms with Crippen LogP contribution >= 0.6 is 15.9 Å². The molecule has 0 saturated carbocycles. The van der Waals surface area contributed by atoms with E-state index < -0.39 is 11.9 Å². The third kappa shape index (κ3) is 3.25. The van der Waals surface area contributed by atoms with E-state index in [0.29, 0.717) is 16.9 Å². The molecule has 1 aromatic heterocycles. The first-order valence-corrected chi connectivity index (χ1v) is 8.47. The molecule has 1 heterocycles. The number of carbonyl (C=O) groups is 2. The van der Waals surface area contributed by atoms with Gasteiger partial charge in [-0.15, -0.1) is 0 Å². The van der Waals surface area contributed by atoms with Crippen molar-refractivity contribution in [2.45, 2.75) is 0 Å². The van der Waals surface area contributed by atoms with Crippen LogP contribution in [-0.4, -0.2) is 35.9 Å². The van der Waals surface area contributed by atoms with Crippen molar-refractivity contribution in [3.8, 4) is 16.9 Å². The van der Waals surface area contributed by atoms with Crippen LogP contribution in [0.1, 0.15) is 20.8 Å². The predicted octanol–water partition coefficient (Wildman–Crippen LogP) is 3.88. The summed E-state index contributed by atoms with van der Waals surface area (Å²) in [7, 11) is 2.51. The topological polar surface area (TPSA) is 70.4 Å². The highest BCUT2D eigenvalue weighted by molar-refractivity contribution is 9.10. The lowest BCUT2D eigenvalue weighted by Crippen LogP contribution is -2.15. The number of ether oxygens (including phenoxy) is 2. The van der Waals surface area contributed by atoms with Crippen molar-refractivity contribution in [3.05, 3.63) is 70.3 Å². The van der Waals surface area contributed by atoms with Gasteiger partial charge in [0, 0.05) is 10.0 Å². The molecular formula is C19H15BrN2O4. The smallest absolute Gasteiger partial charge is 0.357 e. The summed E-state index contributed by atoms with van der Waals surface area (Å²) in [4.78, 5) is 24.9. The Morgan fingerprint density at radius 3 is 2.12 bits per heavy atom. The summed E-state index contributed by atoms with van der Waals surface area (Å²) in [5.41, 5.74) is 1.72. The van der Waals surface area contributed by atoms with Gasteiger partial charge in [-0.3, -0.25) is 0 Å². The van der Waals surface area contributed by atoms with E-state index in [1.54, 1.807) is 24.3 Å². The van der Waals surface area contributed by atoms with Crippen LogP contribution in [0.3, 0.4) is 0 Å². The zero-order valence-electron chi connectivity index (χ0n) is 14.1. The summed E-state index contributed by atoms with van der Waals surface area (Å²) in [6.07, 6.45) is 0. The molecule has 132 valence electrons. The Morgan fingerprint density at radius 2 is 1.54 bits per heavy atom. The molecule has 26 heavy (non-hydrogen) atoms. The Bertz CT molecular complexity index is 950. The number of benzene rings is 2. The zero-order chi connectivity index (χ0) is 18.7. The van der Waals surface area contributed by atoms with Crippen LogP contribution < -0.4 is 0 Å². The number of methoxy groups -OCH3 is 2. The van der Waals surface area contributed by atoms with Crippen LogP contribution in [0.5, 0.6) is 0 Å². The minimum Gasteiger partial charge on any atom is -0.465 e. The highest BCUT2D eigenvalue weighted by Gasteiger charge is 2.31. The molecule has 6 nitrogen and oxygen atoms in total. The molecule has 0 saturated heterocycles. The summed E-state index contributed by atoms with van der Waals surface area (Å²) in [5.74, 6) is -1.34. The Morgan fingerprint density at radius 1 is 0.923 bits per heavy atom. The fraction of sp³-hybridized carbons (Fsp3) is 0.105. The summed E-state index contributed by atoms with van der Waals surface area (Å²) in [6, 6.07) is 16.3. The molecule has 0 bridgehead atoms. The first-order chi connectivity index (χ1) is 12.6. The number of nitrogens with zero attached hydrogens (tertiary/aromatic N) is 2. The van der Waals surface area contributed by atoms with Crippen LogP contribution in [0.2, 0.25) is 0 Å². The monoisotopic (exact) mass is 414 g/mol. The van der Waals surface area contributed by atoms with E-state index in [9.17, 15) is 9.59 Å². The number of rotatable bonds is 4. The van der Waals surface area contributed by atoms with E-state index in [0.717, 1.165) is 4.47 Å². The van der Waals surface area contributed by atoms with Crippen LogP contribution in [0.25, 0.3) is 16.9 Å². The Balaban J connectivity index is 2.33. The fourth-order valence-corrected chi connectivity index (χ4v) is 2.83. The van der Waals surface area contributed by atoms with Gasteiger partial charge in [-0.1, -0.05) is 46.3 Å². The standard InChI is InChI=1S/C19H15BrN2O4/c1-25-18(23)15-16(12-8-10-13(20)11-9-12)21-22(17(15)19(24)26-2)14-6-4-3-5-7-14/h3-11H,1-2H3. The molecule has 0 aliphatic rings. The van der Waals surface area contributed by atoms with Crippen molar-refractivity contribution in [1.29, 1.82) is 0 Å². The first kappa shape index (κ1) is 17.9. The van der Waals surface area contributed by atoms with Gasteiger partial charge in [0.15, 0.2) is 5.69 Å². The van der Waals surface area contributed by atoms with Gasteiger partial charge in [0.05, 0.1) is 19.9 Å². The van der Waals surface area contributed by atoms with Gasteiger partial charge in [0.25, 0.3) is 0 Å². The summed E-state index contributed by atoms with van der Waals surface area (Å²) < 4.78 is 12.1. The molecule has 0 N–H and O–H groups in total. The van der Waals surface area contributed by atoms with Crippen molar-refractivity contribution in [2.75, 3.05) is 14.2 Å². The minimum absolute atomic E-state index is 0.0171. The van der Waals surface area contributed by atoms with Gasteiger partial charge < -0.3 is 9.47 Å². The maximum atomic E-state index is 12.5. The van der Waals surface area contributed by atoms with E-state index in [1.807, 2.05) is 30.3 Å². The second-order valence-electron chi connectivity index (χ2n) is 5.31. The maximum Gasteiger partial charge on any atom is 0.357 e. The zero-order valence-corrected chi connectivity index (χ0v) is 15.7. The van der Waals surface area contributed by atoms with E-state index in [2.05, 4.69) is 21.0 Å². The summed E-state index contributed by atoms with van der Waals surface area (Å²) in [5, 5.41) is 4.52. The van der Waals surface area contributed by atoms with Gasteiger partial charge >= 0.3 is 11.9 Å². The van der Waals surface area contributed by atoms with Gasteiger partial charge in [0.2, 0.25) is 0 Å². The fourth-order valence-electron chi connectivity index (χ4n) is 2.56. The molecule has 3 aromatic rings. The van der Waals surface area contributed by atoms with Gasteiger partial charge in [-0.25, -0.2) is 14.3 Å². The van der Waals surface area contributed by atoms with Crippen molar-refractivity contribution in [2.24, 2.45) is 0 Å². The van der Waals surface area contributed by atoms with Crippen LogP contribution in [0, 0.1) is 0 Å². The molecule has 0 fully saturated rings. The maximum absolute atomic E-state index is 12.5. The Hall–Kier alpha value is -2.93. The lowest BCUT2D eigenvalue weighted by Gasteiger charge is -2.07. The highest BCUT2D eigenvalue weighted by atomic mass is 79.9. The molecule has 0 amide bonds. The van der Waals surface area contributed by atoms with Crippen molar-refractivity contribution < 1.29 is 19.1 Å². The molecule has 7 heteroatoms. The van der Waals surface area contributed by atoms with E-state index in [1.165, 1.54) is 18.9 Å². The number of esters is 2. The summed E-state index contributed by atoms with van der Waals surface area (Å²) in [6.45, 7) is 0. The number of hydrogen-bond donors (Lipinski definition) is 0. The van der Waals surface area contributed by atoms with Gasteiger partial charge in [-0.2, -0.15) is 5.10 Å². The molecule has 0 atom stereocenters. The number of hydrogen-bond acceptors (Lipinski definition) is 5. The predicted molar refractivity (Wildman–Crippen MR) is 99.4 cm³/mol. The lowest BCUT2D eigenvalue weighted by atomic mass is 10.1. The number of aromatic nitrogens is 2. The van der Waals surface area contributed by atoms with Crippen molar-refractivity contribution >= 4 is 27.9 Å². The van der Waals surface area contributed by atoms with Crippen LogP contribution in [0.4, 0.5) is 0 Å². The van der Waals surface area contributed by atoms with Crippen LogP contribution in [0.15, 0.2) is 59.1 Å². The van der Waals surface area contributed by atoms with E-state index >= 15 is 0 Å². The SMILES string of the molecule is COC(=O)c1c(-c2ccc(Br)cc2)nn(-c2ccccc2)c1C(=O)OC. The number of halogens is 1. The molecule has 0 unspecified atom stereocenters. The van der Waals surface area contributed by atoms with Crippen LogP contribution in [-0.2, 0) is 9.47 Å². The second kappa shape index (κ2) is 7.53. The third-order valence-electron chi connectivity index (χ3n) is 3.77. The average Bonchev–Trinajstić information content (AvgIpc) is 3.08. The Kier molecular flexibility index (Phi) is 5.18. The highest BCUT2D eigenvalue weighted by Crippen LogP contribution is 2.29. The normalized spacial score (nSPS) is 10.4. The number of para-hydroxylation sites is 1. The summed E-state index contributed by atoms with van der Waals surface area (Å²) >= 11 is 3.38. The van der Waals surface area contributed by atoms with E-state index in [4.69, 9.17) is 9.47 Å². The quantitative estimate of drug-likeness (QED) is 0.605. The van der Waals surface area contributed by atoms with E-state index in [-0.39, 0.29) is 11.3 Å². The second-order valence-corrected chi connectivity index (χ2v) is 6.23. The molecule has 0 aliphatic carbocycles. The average molecular weight is 415 g/mol. The Labute approximate surface area is 158 Å². The molecule has 0 radical (unpaired) electrons. The van der Waals surface area contributed by atoms with Gasteiger partial charge in [-0.05, 0) is 24.3 Å². The molecule has 3 rings (SSSR count). The first-order valence-electron chi connectivity index (χ1n) is 7.67. The molecule has 0 spiro atoms.